The van der Waals surface area contributed by atoms with E-state index in [4.69, 9.17) is 0 Å². The molecule has 0 aliphatic rings. The zero-order valence-corrected chi connectivity index (χ0v) is 17.9. The summed E-state index contributed by atoms with van der Waals surface area (Å²) in [5, 5.41) is 6.06. The highest BCUT2D eigenvalue weighted by molar-refractivity contribution is 14.0. The van der Waals surface area contributed by atoms with Crippen LogP contribution in [0.3, 0.4) is 0 Å². The lowest BCUT2D eigenvalue weighted by Gasteiger charge is -2.22. The Labute approximate surface area is 177 Å². The Morgan fingerprint density at radius 1 is 1.11 bits per heavy atom. The predicted molar refractivity (Wildman–Crippen MR) is 118 cm³/mol. The van der Waals surface area contributed by atoms with Crippen LogP contribution in [0.4, 0.5) is 4.39 Å². The number of hydrogen-bond donors (Lipinski definition) is 2. The summed E-state index contributed by atoms with van der Waals surface area (Å²) in [6.07, 6.45) is 0. The number of hydrogen-bond acceptors (Lipinski definition) is 2. The lowest BCUT2D eigenvalue weighted by Crippen LogP contribution is -2.39. The van der Waals surface area contributed by atoms with Gasteiger partial charge in [-0.1, -0.05) is 30.3 Å². The van der Waals surface area contributed by atoms with Crippen molar-refractivity contribution in [1.29, 1.82) is 0 Å². The highest BCUT2D eigenvalue weighted by atomic mass is 127. The Morgan fingerprint density at radius 3 is 2.52 bits per heavy atom. The Kier molecular flexibility index (Phi) is 10.4. The molecule has 0 atom stereocenters. The minimum absolute atomic E-state index is 0. The maximum Gasteiger partial charge on any atom is 0.251 e. The van der Waals surface area contributed by atoms with Crippen LogP contribution in [-0.2, 0) is 6.54 Å². The molecule has 0 saturated heterocycles. The van der Waals surface area contributed by atoms with E-state index in [9.17, 15) is 9.18 Å². The largest absolute Gasteiger partial charge is 0.357 e. The molecule has 0 spiro atoms. The summed E-state index contributed by atoms with van der Waals surface area (Å²) in [6.45, 7) is 4.15. The Morgan fingerprint density at radius 2 is 1.85 bits per heavy atom. The number of rotatable bonds is 7. The average Bonchev–Trinajstić information content (AvgIpc) is 2.64. The maximum atomic E-state index is 13.3. The molecule has 0 aliphatic carbocycles. The highest BCUT2D eigenvalue weighted by Crippen LogP contribution is 2.06. The van der Waals surface area contributed by atoms with Crippen molar-refractivity contribution in [1.82, 2.24) is 15.5 Å². The zero-order chi connectivity index (χ0) is 18.8. The van der Waals surface area contributed by atoms with Gasteiger partial charge in [0, 0.05) is 32.2 Å². The number of benzene rings is 2. The van der Waals surface area contributed by atoms with Crippen LogP contribution in [0, 0.1) is 5.82 Å². The summed E-state index contributed by atoms with van der Waals surface area (Å²) in [7, 11) is 1.90. The van der Waals surface area contributed by atoms with Crippen molar-refractivity contribution in [2.45, 2.75) is 13.5 Å². The van der Waals surface area contributed by atoms with Gasteiger partial charge in [-0.15, -0.1) is 24.0 Å². The second-order valence-corrected chi connectivity index (χ2v) is 5.84. The van der Waals surface area contributed by atoms with Crippen molar-refractivity contribution < 1.29 is 9.18 Å². The Bertz CT molecular complexity index is 740. The molecule has 0 saturated carbocycles. The summed E-state index contributed by atoms with van der Waals surface area (Å²) < 4.78 is 13.3. The van der Waals surface area contributed by atoms with Gasteiger partial charge >= 0.3 is 0 Å². The van der Waals surface area contributed by atoms with Crippen molar-refractivity contribution in [3.8, 4) is 0 Å². The number of carbonyl (C=O) groups is 1. The second-order valence-electron chi connectivity index (χ2n) is 5.84. The molecule has 0 aromatic heterocycles. The smallest absolute Gasteiger partial charge is 0.251 e. The van der Waals surface area contributed by atoms with Gasteiger partial charge in [0.2, 0.25) is 0 Å². The molecule has 0 aliphatic heterocycles. The van der Waals surface area contributed by atoms with Crippen LogP contribution in [0.25, 0.3) is 0 Å². The van der Waals surface area contributed by atoms with E-state index < -0.39 is 0 Å². The van der Waals surface area contributed by atoms with Gasteiger partial charge in [-0.05, 0) is 36.8 Å². The van der Waals surface area contributed by atoms with Gasteiger partial charge in [0.05, 0.1) is 6.54 Å². The second kappa shape index (κ2) is 12.3. The van der Waals surface area contributed by atoms with E-state index in [1.807, 2.05) is 43.1 Å². The maximum absolute atomic E-state index is 13.3. The van der Waals surface area contributed by atoms with Gasteiger partial charge in [-0.25, -0.2) is 4.39 Å². The van der Waals surface area contributed by atoms with E-state index in [0.717, 1.165) is 12.1 Å². The molecule has 146 valence electrons. The van der Waals surface area contributed by atoms with Gasteiger partial charge in [0.1, 0.15) is 5.82 Å². The summed E-state index contributed by atoms with van der Waals surface area (Å²) in [6, 6.07) is 15.6. The molecule has 2 N–H and O–H groups in total. The molecule has 27 heavy (non-hydrogen) atoms. The number of guanidine groups is 1. The van der Waals surface area contributed by atoms with Gasteiger partial charge in [0.15, 0.2) is 5.96 Å². The first kappa shape index (κ1) is 22.9. The van der Waals surface area contributed by atoms with Crippen LogP contribution in [0.2, 0.25) is 0 Å². The summed E-state index contributed by atoms with van der Waals surface area (Å²) in [5.41, 5.74) is 1.50. The molecular weight excluding hydrogens is 458 g/mol. The first-order valence-corrected chi connectivity index (χ1v) is 8.67. The van der Waals surface area contributed by atoms with E-state index in [2.05, 4.69) is 15.6 Å². The first-order valence-electron chi connectivity index (χ1n) is 8.67. The number of nitrogens with zero attached hydrogens (tertiary/aromatic N) is 2. The molecule has 5 nitrogen and oxygen atoms in total. The molecular formula is C20H26FIN4O. The normalized spacial score (nSPS) is 10.7. The van der Waals surface area contributed by atoms with Crippen LogP contribution < -0.4 is 10.6 Å². The molecule has 0 unspecified atom stereocenters. The van der Waals surface area contributed by atoms with Crippen molar-refractivity contribution in [2.75, 3.05) is 26.7 Å². The van der Waals surface area contributed by atoms with E-state index in [1.165, 1.54) is 12.1 Å². The lowest BCUT2D eigenvalue weighted by molar-refractivity contribution is 0.0955. The molecule has 0 bridgehead atoms. The number of carbonyl (C=O) groups excluding carboxylic acids is 1. The van der Waals surface area contributed by atoms with E-state index in [1.54, 1.807) is 18.2 Å². The summed E-state index contributed by atoms with van der Waals surface area (Å²) in [5.74, 6) is 0.353. The number of aliphatic imine (C=N–C) groups is 1. The number of halogens is 2. The highest BCUT2D eigenvalue weighted by Gasteiger charge is 2.07. The summed E-state index contributed by atoms with van der Waals surface area (Å²) in [4.78, 5) is 18.4. The minimum atomic E-state index is -0.249. The zero-order valence-electron chi connectivity index (χ0n) is 15.6. The molecule has 7 heteroatoms. The van der Waals surface area contributed by atoms with E-state index >= 15 is 0 Å². The van der Waals surface area contributed by atoms with Gasteiger partial charge in [0.25, 0.3) is 5.91 Å². The molecule has 0 radical (unpaired) electrons. The van der Waals surface area contributed by atoms with Crippen LogP contribution >= 0.6 is 24.0 Å². The molecule has 2 aromatic carbocycles. The van der Waals surface area contributed by atoms with Crippen LogP contribution in [0.1, 0.15) is 22.8 Å². The Balaban J connectivity index is 0.00000364. The van der Waals surface area contributed by atoms with Crippen LogP contribution in [0.5, 0.6) is 0 Å². The van der Waals surface area contributed by atoms with Crippen LogP contribution in [0.15, 0.2) is 59.6 Å². The van der Waals surface area contributed by atoms with E-state index in [-0.39, 0.29) is 35.7 Å². The molecule has 2 aromatic rings. The van der Waals surface area contributed by atoms with Crippen molar-refractivity contribution in [3.63, 3.8) is 0 Å². The monoisotopic (exact) mass is 484 g/mol. The Hall–Kier alpha value is -2.16. The quantitative estimate of drug-likeness (QED) is 0.275. The van der Waals surface area contributed by atoms with Gasteiger partial charge in [-0.3, -0.25) is 9.79 Å². The third kappa shape index (κ3) is 7.94. The molecule has 0 fully saturated rings. The average molecular weight is 484 g/mol. The third-order valence-corrected chi connectivity index (χ3v) is 3.70. The van der Waals surface area contributed by atoms with Crippen molar-refractivity contribution >= 4 is 35.8 Å². The number of nitrogens with one attached hydrogen (secondary N) is 2. The van der Waals surface area contributed by atoms with Crippen molar-refractivity contribution in [3.05, 3.63) is 71.5 Å². The molecule has 2 rings (SSSR count). The van der Waals surface area contributed by atoms with Crippen LogP contribution in [-0.4, -0.2) is 43.4 Å². The topological polar surface area (TPSA) is 56.7 Å². The predicted octanol–water partition coefficient (Wildman–Crippen LogP) is 3.27. The molecule has 0 heterocycles. The van der Waals surface area contributed by atoms with Crippen molar-refractivity contribution in [2.24, 2.45) is 4.99 Å². The standard InChI is InChI=1S/C20H25FN4O.HI/c1-3-22-20(25(2)15-16-8-7-11-18(21)14-16)24-13-12-23-19(26)17-9-5-4-6-10-17;/h4-11,14H,3,12-13,15H2,1-2H3,(H,22,24)(H,23,26);1H. The fraction of sp³-hybridized carbons (Fsp3) is 0.300. The minimum Gasteiger partial charge on any atom is -0.357 e. The first-order chi connectivity index (χ1) is 12.6. The van der Waals surface area contributed by atoms with E-state index in [0.29, 0.717) is 31.2 Å². The number of amides is 1. The SMILES string of the molecule is CCNC(=NCCNC(=O)c1ccccc1)N(C)Cc1cccc(F)c1.I. The third-order valence-electron chi connectivity index (χ3n) is 3.70. The van der Waals surface area contributed by atoms with Gasteiger partial charge < -0.3 is 15.5 Å². The fourth-order valence-corrected chi connectivity index (χ4v) is 2.48. The van der Waals surface area contributed by atoms with Gasteiger partial charge in [-0.2, -0.15) is 0 Å². The lowest BCUT2D eigenvalue weighted by atomic mass is 10.2. The molecule has 1 amide bonds. The fourth-order valence-electron chi connectivity index (χ4n) is 2.48. The summed E-state index contributed by atoms with van der Waals surface area (Å²) >= 11 is 0.